The van der Waals surface area contributed by atoms with Crippen LogP contribution in [0, 0.1) is 0 Å². The van der Waals surface area contributed by atoms with Gasteiger partial charge in [-0.1, -0.05) is 12.8 Å². The van der Waals surface area contributed by atoms with Gasteiger partial charge in [-0.25, -0.2) is 0 Å². The fourth-order valence-electron chi connectivity index (χ4n) is 2.49. The van der Waals surface area contributed by atoms with Gasteiger partial charge in [0, 0.05) is 18.3 Å². The molecule has 1 saturated heterocycles. The number of nitrogens with zero attached hydrogens (tertiary/aromatic N) is 2. The average Bonchev–Trinajstić information content (AvgIpc) is 2.63. The van der Waals surface area contributed by atoms with Crippen molar-refractivity contribution in [3.8, 4) is 0 Å². The molecule has 1 atom stereocenters. The van der Waals surface area contributed by atoms with Crippen molar-refractivity contribution in [3.05, 3.63) is 24.0 Å². The largest absolute Gasteiger partial charge is 0.394 e. The highest BCUT2D eigenvalue weighted by atomic mass is 16.3. The highest BCUT2D eigenvalue weighted by molar-refractivity contribution is 5.52. The quantitative estimate of drug-likeness (QED) is 0.831. The summed E-state index contributed by atoms with van der Waals surface area (Å²) in [6.07, 6.45) is 8.01. The van der Waals surface area contributed by atoms with Crippen LogP contribution in [0.4, 0.5) is 5.69 Å². The minimum absolute atomic E-state index is 0.0203. The maximum absolute atomic E-state index is 9.49. The Bertz CT molecular complexity index is 357. The number of pyridine rings is 1. The van der Waals surface area contributed by atoms with E-state index in [-0.39, 0.29) is 19.3 Å². The van der Waals surface area contributed by atoms with Crippen LogP contribution < -0.4 is 4.90 Å². The Morgan fingerprint density at radius 1 is 1.29 bits per heavy atom. The molecule has 1 aromatic rings. The van der Waals surface area contributed by atoms with Gasteiger partial charge in [-0.2, -0.15) is 0 Å². The number of rotatable bonds is 3. The van der Waals surface area contributed by atoms with Crippen LogP contribution >= 0.6 is 0 Å². The lowest BCUT2D eigenvalue weighted by Crippen LogP contribution is -2.38. The van der Waals surface area contributed by atoms with E-state index in [0.717, 1.165) is 37.1 Å². The number of hydrogen-bond donors (Lipinski definition) is 2. The van der Waals surface area contributed by atoms with Crippen molar-refractivity contribution in [1.29, 1.82) is 0 Å². The SMILES string of the molecule is OCc1ccncc1N1CCCCCC1CO. The standard InChI is InChI=1S/C13H20N2O2/c16-9-11-5-6-14-8-13(11)15-7-3-1-2-4-12(15)10-17/h5-6,8,12,16-17H,1-4,7,9-10H2. The van der Waals surface area contributed by atoms with Crippen LogP contribution in [0.25, 0.3) is 0 Å². The molecule has 1 fully saturated rings. The summed E-state index contributed by atoms with van der Waals surface area (Å²) < 4.78 is 0. The fourth-order valence-corrected chi connectivity index (χ4v) is 2.49. The van der Waals surface area contributed by atoms with E-state index in [1.54, 1.807) is 12.4 Å². The van der Waals surface area contributed by atoms with Gasteiger partial charge in [0.2, 0.25) is 0 Å². The van der Waals surface area contributed by atoms with E-state index in [4.69, 9.17) is 0 Å². The topological polar surface area (TPSA) is 56.6 Å². The molecule has 0 saturated carbocycles. The van der Waals surface area contributed by atoms with Crippen molar-refractivity contribution >= 4 is 5.69 Å². The molecule has 0 bridgehead atoms. The first-order valence-corrected chi connectivity index (χ1v) is 6.28. The molecule has 0 aromatic carbocycles. The van der Waals surface area contributed by atoms with Gasteiger partial charge in [-0.05, 0) is 18.9 Å². The molecule has 0 spiro atoms. The van der Waals surface area contributed by atoms with Gasteiger partial charge < -0.3 is 15.1 Å². The fraction of sp³-hybridized carbons (Fsp3) is 0.615. The Kier molecular flexibility index (Phi) is 4.34. The van der Waals surface area contributed by atoms with Crippen LogP contribution in [0.1, 0.15) is 31.2 Å². The van der Waals surface area contributed by atoms with Crippen molar-refractivity contribution in [2.45, 2.75) is 38.3 Å². The number of aliphatic hydroxyl groups is 2. The highest BCUT2D eigenvalue weighted by Crippen LogP contribution is 2.26. The van der Waals surface area contributed by atoms with E-state index >= 15 is 0 Å². The lowest BCUT2D eigenvalue weighted by atomic mass is 10.1. The minimum atomic E-state index is 0.0203. The Morgan fingerprint density at radius 3 is 2.94 bits per heavy atom. The van der Waals surface area contributed by atoms with E-state index < -0.39 is 0 Å². The van der Waals surface area contributed by atoms with Crippen LogP contribution in [0.3, 0.4) is 0 Å². The molecule has 4 nitrogen and oxygen atoms in total. The third-order valence-electron chi connectivity index (χ3n) is 3.46. The van der Waals surface area contributed by atoms with Gasteiger partial charge in [0.05, 0.1) is 31.1 Å². The van der Waals surface area contributed by atoms with E-state index in [2.05, 4.69) is 9.88 Å². The smallest absolute Gasteiger partial charge is 0.0703 e. The van der Waals surface area contributed by atoms with Gasteiger partial charge in [0.1, 0.15) is 0 Å². The molecule has 0 amide bonds. The molecular weight excluding hydrogens is 216 g/mol. The number of aromatic nitrogens is 1. The number of anilines is 1. The minimum Gasteiger partial charge on any atom is -0.394 e. The zero-order valence-corrected chi connectivity index (χ0v) is 10.0. The lowest BCUT2D eigenvalue weighted by Gasteiger charge is -2.31. The zero-order chi connectivity index (χ0) is 12.1. The number of aliphatic hydroxyl groups excluding tert-OH is 2. The molecule has 0 aliphatic carbocycles. The van der Waals surface area contributed by atoms with Gasteiger partial charge in [0.15, 0.2) is 0 Å². The maximum atomic E-state index is 9.49. The van der Waals surface area contributed by atoms with E-state index in [9.17, 15) is 10.2 Å². The lowest BCUT2D eigenvalue weighted by molar-refractivity contribution is 0.253. The first-order valence-electron chi connectivity index (χ1n) is 6.28. The number of hydrogen-bond acceptors (Lipinski definition) is 4. The highest BCUT2D eigenvalue weighted by Gasteiger charge is 2.22. The summed E-state index contributed by atoms with van der Waals surface area (Å²) in [5.74, 6) is 0. The Balaban J connectivity index is 2.28. The monoisotopic (exact) mass is 236 g/mol. The average molecular weight is 236 g/mol. The van der Waals surface area contributed by atoms with Crippen LogP contribution in [-0.4, -0.2) is 34.4 Å². The Hall–Kier alpha value is -1.13. The van der Waals surface area contributed by atoms with Crippen molar-refractivity contribution in [2.24, 2.45) is 0 Å². The third kappa shape index (κ3) is 2.76. The van der Waals surface area contributed by atoms with Crippen molar-refractivity contribution in [3.63, 3.8) is 0 Å². The summed E-state index contributed by atoms with van der Waals surface area (Å²) in [4.78, 5) is 6.33. The molecule has 1 aliphatic heterocycles. The molecule has 2 rings (SSSR count). The normalized spacial score (nSPS) is 21.3. The molecule has 1 unspecified atom stereocenters. The zero-order valence-electron chi connectivity index (χ0n) is 10.0. The van der Waals surface area contributed by atoms with Crippen LogP contribution in [0.15, 0.2) is 18.5 Å². The predicted octanol–water partition coefficient (Wildman–Crippen LogP) is 1.32. The van der Waals surface area contributed by atoms with E-state index in [1.165, 1.54) is 6.42 Å². The molecule has 17 heavy (non-hydrogen) atoms. The maximum Gasteiger partial charge on any atom is 0.0703 e. The predicted molar refractivity (Wildman–Crippen MR) is 66.8 cm³/mol. The second-order valence-corrected chi connectivity index (χ2v) is 4.54. The van der Waals surface area contributed by atoms with Gasteiger partial charge in [0.25, 0.3) is 0 Å². The summed E-state index contributed by atoms with van der Waals surface area (Å²) in [6, 6.07) is 2.00. The van der Waals surface area contributed by atoms with Crippen molar-refractivity contribution < 1.29 is 10.2 Å². The molecule has 0 radical (unpaired) electrons. The summed E-state index contributed by atoms with van der Waals surface area (Å²) in [5.41, 5.74) is 1.86. The summed E-state index contributed by atoms with van der Waals surface area (Å²) in [7, 11) is 0. The van der Waals surface area contributed by atoms with Crippen LogP contribution in [0.5, 0.6) is 0 Å². The summed E-state index contributed by atoms with van der Waals surface area (Å²) in [5, 5.41) is 18.8. The second kappa shape index (κ2) is 5.98. The van der Waals surface area contributed by atoms with Gasteiger partial charge in [-0.15, -0.1) is 0 Å². The van der Waals surface area contributed by atoms with Crippen LogP contribution in [-0.2, 0) is 6.61 Å². The first kappa shape index (κ1) is 12.3. The van der Waals surface area contributed by atoms with Gasteiger partial charge >= 0.3 is 0 Å². The van der Waals surface area contributed by atoms with Gasteiger partial charge in [-0.3, -0.25) is 4.98 Å². The third-order valence-corrected chi connectivity index (χ3v) is 3.46. The van der Waals surface area contributed by atoms with E-state index in [0.29, 0.717) is 0 Å². The Labute approximate surface area is 102 Å². The second-order valence-electron chi connectivity index (χ2n) is 4.54. The van der Waals surface area contributed by atoms with Crippen molar-refractivity contribution in [1.82, 2.24) is 4.98 Å². The van der Waals surface area contributed by atoms with E-state index in [1.807, 2.05) is 6.07 Å². The molecule has 1 aromatic heterocycles. The molecule has 4 heteroatoms. The molecule has 2 heterocycles. The Morgan fingerprint density at radius 2 is 2.18 bits per heavy atom. The first-order chi connectivity index (χ1) is 8.36. The van der Waals surface area contributed by atoms with Crippen LogP contribution in [0.2, 0.25) is 0 Å². The summed E-state index contributed by atoms with van der Waals surface area (Å²) >= 11 is 0. The summed E-state index contributed by atoms with van der Waals surface area (Å²) in [6.45, 7) is 1.12. The van der Waals surface area contributed by atoms with Crippen molar-refractivity contribution in [2.75, 3.05) is 18.1 Å². The molecule has 94 valence electrons. The molecule has 2 N–H and O–H groups in total. The molecule has 1 aliphatic rings. The molecular formula is C13H20N2O2.